The summed E-state index contributed by atoms with van der Waals surface area (Å²) in [7, 11) is 0. The number of likely N-dealkylation sites (tertiary alicyclic amines) is 1. The van der Waals surface area contributed by atoms with Crippen molar-refractivity contribution in [1.82, 2.24) is 4.90 Å². The molecule has 2 rings (SSSR count). The summed E-state index contributed by atoms with van der Waals surface area (Å²) in [6.07, 6.45) is 0.324. The number of aliphatic hydroxyl groups is 2. The van der Waals surface area contributed by atoms with Gasteiger partial charge in [0.1, 0.15) is 5.82 Å². The van der Waals surface area contributed by atoms with E-state index in [1.54, 1.807) is 24.0 Å². The molecule has 0 aliphatic carbocycles. The molecule has 1 amide bonds. The largest absolute Gasteiger partial charge is 0.388 e. The zero-order valence-corrected chi connectivity index (χ0v) is 11.6. The van der Waals surface area contributed by atoms with Crippen molar-refractivity contribution in [2.45, 2.75) is 37.9 Å². The third kappa shape index (κ3) is 3.55. The predicted octanol–water partition coefficient (Wildman–Crippen LogP) is 1.10. The van der Waals surface area contributed by atoms with Crippen LogP contribution in [0.15, 0.2) is 24.3 Å². The first-order valence-corrected chi connectivity index (χ1v) is 6.81. The maximum Gasteiger partial charge on any atom is 0.222 e. The number of amides is 1. The van der Waals surface area contributed by atoms with Gasteiger partial charge in [-0.15, -0.1) is 0 Å². The SMILES string of the molecule is C[C@@]1(O)CCN(C(=O)CCc2ccc(F)cc2)C[C@@H]1O. The Hall–Kier alpha value is -1.46. The summed E-state index contributed by atoms with van der Waals surface area (Å²) >= 11 is 0. The lowest BCUT2D eigenvalue weighted by molar-refractivity contribution is -0.146. The molecule has 2 N–H and O–H groups in total. The van der Waals surface area contributed by atoms with Crippen molar-refractivity contribution < 1.29 is 19.4 Å². The first-order valence-electron chi connectivity index (χ1n) is 6.81. The molecule has 0 radical (unpaired) electrons. The van der Waals surface area contributed by atoms with Gasteiger partial charge in [-0.2, -0.15) is 0 Å². The summed E-state index contributed by atoms with van der Waals surface area (Å²) < 4.78 is 12.8. The third-order valence-electron chi connectivity index (χ3n) is 3.89. The van der Waals surface area contributed by atoms with Crippen molar-refractivity contribution >= 4 is 5.91 Å². The van der Waals surface area contributed by atoms with Gasteiger partial charge >= 0.3 is 0 Å². The van der Waals surface area contributed by atoms with Gasteiger partial charge in [-0.25, -0.2) is 4.39 Å². The van der Waals surface area contributed by atoms with E-state index in [1.165, 1.54) is 12.1 Å². The van der Waals surface area contributed by atoms with Crippen LogP contribution in [-0.4, -0.2) is 45.8 Å². The Morgan fingerprint density at radius 3 is 2.70 bits per heavy atom. The Balaban J connectivity index is 1.85. The van der Waals surface area contributed by atoms with Crippen LogP contribution in [-0.2, 0) is 11.2 Å². The van der Waals surface area contributed by atoms with Crippen molar-refractivity contribution in [2.24, 2.45) is 0 Å². The summed E-state index contributed by atoms with van der Waals surface area (Å²) in [5.74, 6) is -0.342. The summed E-state index contributed by atoms with van der Waals surface area (Å²) in [5.41, 5.74) is -0.211. The van der Waals surface area contributed by atoms with E-state index in [0.717, 1.165) is 5.56 Å². The maximum atomic E-state index is 12.8. The molecule has 110 valence electrons. The van der Waals surface area contributed by atoms with E-state index in [1.807, 2.05) is 0 Å². The number of aryl methyl sites for hydroxylation is 1. The van der Waals surface area contributed by atoms with Crippen LogP contribution in [0.1, 0.15) is 25.3 Å². The monoisotopic (exact) mass is 281 g/mol. The van der Waals surface area contributed by atoms with E-state index in [4.69, 9.17) is 0 Å². The molecule has 0 unspecified atom stereocenters. The molecule has 1 aromatic carbocycles. The van der Waals surface area contributed by atoms with Gasteiger partial charge in [-0.3, -0.25) is 4.79 Å². The fourth-order valence-corrected chi connectivity index (χ4v) is 2.31. The smallest absolute Gasteiger partial charge is 0.222 e. The van der Waals surface area contributed by atoms with Crippen LogP contribution < -0.4 is 0 Å². The number of carbonyl (C=O) groups excluding carboxylic acids is 1. The van der Waals surface area contributed by atoms with Gasteiger partial charge in [0.05, 0.1) is 11.7 Å². The molecule has 2 atom stereocenters. The lowest BCUT2D eigenvalue weighted by Crippen LogP contribution is -2.55. The second-order valence-corrected chi connectivity index (χ2v) is 5.59. The molecule has 5 heteroatoms. The highest BCUT2D eigenvalue weighted by Gasteiger charge is 2.37. The molecule has 20 heavy (non-hydrogen) atoms. The van der Waals surface area contributed by atoms with Crippen LogP contribution in [0.2, 0.25) is 0 Å². The zero-order valence-electron chi connectivity index (χ0n) is 11.6. The average molecular weight is 281 g/mol. The molecule has 1 aliphatic heterocycles. The van der Waals surface area contributed by atoms with E-state index in [-0.39, 0.29) is 18.3 Å². The topological polar surface area (TPSA) is 60.8 Å². The molecule has 0 aromatic heterocycles. The highest BCUT2D eigenvalue weighted by Crippen LogP contribution is 2.22. The zero-order chi connectivity index (χ0) is 14.8. The number of nitrogens with zero attached hydrogens (tertiary/aromatic N) is 1. The lowest BCUT2D eigenvalue weighted by atomic mass is 9.90. The average Bonchev–Trinajstić information content (AvgIpc) is 2.41. The Morgan fingerprint density at radius 1 is 1.45 bits per heavy atom. The summed E-state index contributed by atoms with van der Waals surface area (Å²) in [4.78, 5) is 13.6. The van der Waals surface area contributed by atoms with Crippen LogP contribution in [0.3, 0.4) is 0 Å². The molecule has 1 heterocycles. The summed E-state index contributed by atoms with van der Waals surface area (Å²) in [6.45, 7) is 2.19. The fourth-order valence-electron chi connectivity index (χ4n) is 2.31. The molecule has 1 saturated heterocycles. The van der Waals surface area contributed by atoms with E-state index < -0.39 is 11.7 Å². The first-order chi connectivity index (χ1) is 9.38. The number of β-amino-alcohol motifs (C(OH)–C–C–N with tert-alkyl or cyclic N) is 1. The Morgan fingerprint density at radius 2 is 2.10 bits per heavy atom. The number of piperidine rings is 1. The Labute approximate surface area is 117 Å². The predicted molar refractivity (Wildman–Crippen MR) is 72.5 cm³/mol. The second-order valence-electron chi connectivity index (χ2n) is 5.59. The number of hydrogen-bond donors (Lipinski definition) is 2. The molecule has 1 aromatic rings. The van der Waals surface area contributed by atoms with Crippen LogP contribution in [0.5, 0.6) is 0 Å². The van der Waals surface area contributed by atoms with Gasteiger partial charge in [0.15, 0.2) is 0 Å². The van der Waals surface area contributed by atoms with Crippen molar-refractivity contribution in [3.05, 3.63) is 35.6 Å². The van der Waals surface area contributed by atoms with Crippen LogP contribution >= 0.6 is 0 Å². The van der Waals surface area contributed by atoms with Crippen molar-refractivity contribution in [3.8, 4) is 0 Å². The Kier molecular flexibility index (Phi) is 4.40. The minimum absolute atomic E-state index is 0.0520. The lowest BCUT2D eigenvalue weighted by Gasteiger charge is -2.40. The van der Waals surface area contributed by atoms with Crippen LogP contribution in [0.25, 0.3) is 0 Å². The molecule has 1 aliphatic rings. The molecular formula is C15H20FNO3. The summed E-state index contributed by atoms with van der Waals surface area (Å²) in [6, 6.07) is 6.08. The highest BCUT2D eigenvalue weighted by atomic mass is 19.1. The van der Waals surface area contributed by atoms with E-state index >= 15 is 0 Å². The van der Waals surface area contributed by atoms with Gasteiger partial charge in [0, 0.05) is 19.5 Å². The number of rotatable bonds is 3. The normalized spacial score (nSPS) is 26.6. The minimum Gasteiger partial charge on any atom is -0.388 e. The van der Waals surface area contributed by atoms with E-state index in [2.05, 4.69) is 0 Å². The third-order valence-corrected chi connectivity index (χ3v) is 3.89. The summed E-state index contributed by atoms with van der Waals surface area (Å²) in [5, 5.41) is 19.6. The fraction of sp³-hybridized carbons (Fsp3) is 0.533. The maximum absolute atomic E-state index is 12.8. The number of hydrogen-bond acceptors (Lipinski definition) is 3. The molecule has 4 nitrogen and oxygen atoms in total. The number of halogens is 1. The van der Waals surface area contributed by atoms with E-state index in [9.17, 15) is 19.4 Å². The quantitative estimate of drug-likeness (QED) is 0.872. The minimum atomic E-state index is -1.12. The van der Waals surface area contributed by atoms with Gasteiger partial charge in [-0.05, 0) is 37.5 Å². The standard InChI is InChI=1S/C15H20FNO3/c1-15(20)8-9-17(10-13(15)18)14(19)7-4-11-2-5-12(16)6-3-11/h2-3,5-6,13,18,20H,4,7-10H2,1H3/t13-,15+/m0/s1. The van der Waals surface area contributed by atoms with Gasteiger partial charge in [0.25, 0.3) is 0 Å². The molecule has 1 fully saturated rings. The molecule has 0 bridgehead atoms. The van der Waals surface area contributed by atoms with Gasteiger partial charge in [-0.1, -0.05) is 12.1 Å². The van der Waals surface area contributed by atoms with E-state index in [0.29, 0.717) is 25.8 Å². The highest BCUT2D eigenvalue weighted by molar-refractivity contribution is 5.76. The van der Waals surface area contributed by atoms with Crippen LogP contribution in [0.4, 0.5) is 4.39 Å². The molecule has 0 spiro atoms. The number of carbonyl (C=O) groups is 1. The van der Waals surface area contributed by atoms with Crippen molar-refractivity contribution in [2.75, 3.05) is 13.1 Å². The van der Waals surface area contributed by atoms with Crippen molar-refractivity contribution in [3.63, 3.8) is 0 Å². The Bertz CT molecular complexity index is 473. The molecular weight excluding hydrogens is 261 g/mol. The molecule has 0 saturated carbocycles. The first kappa shape index (κ1) is 14.9. The van der Waals surface area contributed by atoms with Crippen LogP contribution in [0, 0.1) is 5.82 Å². The van der Waals surface area contributed by atoms with Gasteiger partial charge in [0.2, 0.25) is 5.91 Å². The van der Waals surface area contributed by atoms with Gasteiger partial charge < -0.3 is 15.1 Å². The number of benzene rings is 1. The number of aliphatic hydroxyl groups excluding tert-OH is 1. The second kappa shape index (κ2) is 5.89. The van der Waals surface area contributed by atoms with Crippen molar-refractivity contribution in [1.29, 1.82) is 0 Å².